The van der Waals surface area contributed by atoms with Crippen LogP contribution in [0.15, 0.2) is 5.38 Å². The number of thiocarbonyl (C=S) groups is 1. The summed E-state index contributed by atoms with van der Waals surface area (Å²) >= 11 is 6.30. The lowest BCUT2D eigenvalue weighted by atomic mass is 9.77. The Morgan fingerprint density at radius 1 is 1.61 bits per heavy atom. The number of carbonyl (C=O) groups excluding carboxylic acids is 1. The standard InChI is InChI=1S/C11H16N4OS2/c1-7-2-4-11(5-3-7,10(12)17)13-9(16)8-6-18-15-14-8/h6-7H,2-5H2,1H3,(H2,12,17)(H,13,16). The molecule has 0 aromatic carbocycles. The molecule has 2 rings (SSSR count). The molecule has 1 aliphatic rings. The molecule has 18 heavy (non-hydrogen) atoms. The fourth-order valence-electron chi connectivity index (χ4n) is 2.23. The second-order valence-corrected chi connectivity index (χ2v) is 5.92. The zero-order chi connectivity index (χ0) is 13.2. The highest BCUT2D eigenvalue weighted by Gasteiger charge is 2.38. The zero-order valence-corrected chi connectivity index (χ0v) is 11.8. The Morgan fingerprint density at radius 3 is 2.78 bits per heavy atom. The van der Waals surface area contributed by atoms with Gasteiger partial charge < -0.3 is 11.1 Å². The van der Waals surface area contributed by atoms with E-state index in [4.69, 9.17) is 18.0 Å². The van der Waals surface area contributed by atoms with E-state index in [0.29, 0.717) is 16.6 Å². The van der Waals surface area contributed by atoms with Crippen molar-refractivity contribution in [2.45, 2.75) is 38.1 Å². The first kappa shape index (κ1) is 13.4. The number of hydrogen-bond acceptors (Lipinski definition) is 5. The summed E-state index contributed by atoms with van der Waals surface area (Å²) < 4.78 is 3.68. The van der Waals surface area contributed by atoms with Gasteiger partial charge in [-0.1, -0.05) is 23.6 Å². The Hall–Kier alpha value is -1.08. The van der Waals surface area contributed by atoms with Gasteiger partial charge in [0, 0.05) is 5.38 Å². The third-order valence-corrected chi connectivity index (χ3v) is 4.44. The normalized spacial score (nSPS) is 27.7. The third-order valence-electron chi connectivity index (χ3n) is 3.54. The van der Waals surface area contributed by atoms with Gasteiger partial charge in [-0.25, -0.2) is 0 Å². The van der Waals surface area contributed by atoms with Crippen molar-refractivity contribution in [2.24, 2.45) is 11.7 Å². The number of nitrogens with two attached hydrogens (primary N) is 1. The molecular formula is C11H16N4OS2. The molecule has 1 aromatic rings. The number of hydrogen-bond donors (Lipinski definition) is 2. The number of amides is 1. The molecule has 98 valence electrons. The summed E-state index contributed by atoms with van der Waals surface area (Å²) in [6, 6.07) is 0. The van der Waals surface area contributed by atoms with Crippen LogP contribution in [0.4, 0.5) is 0 Å². The number of carbonyl (C=O) groups is 1. The molecule has 1 fully saturated rings. The van der Waals surface area contributed by atoms with E-state index < -0.39 is 5.54 Å². The monoisotopic (exact) mass is 284 g/mol. The van der Waals surface area contributed by atoms with Crippen molar-refractivity contribution in [2.75, 3.05) is 0 Å². The molecule has 0 atom stereocenters. The Kier molecular flexibility index (Phi) is 3.91. The Labute approximate surface area is 115 Å². The van der Waals surface area contributed by atoms with E-state index in [9.17, 15) is 4.79 Å². The van der Waals surface area contributed by atoms with Crippen LogP contribution >= 0.6 is 23.8 Å². The minimum atomic E-state index is -0.553. The van der Waals surface area contributed by atoms with Gasteiger partial charge in [-0.2, -0.15) is 0 Å². The van der Waals surface area contributed by atoms with Crippen molar-refractivity contribution in [1.29, 1.82) is 0 Å². The topological polar surface area (TPSA) is 80.9 Å². The van der Waals surface area contributed by atoms with Crippen LogP contribution in [0, 0.1) is 5.92 Å². The lowest BCUT2D eigenvalue weighted by molar-refractivity contribution is 0.0895. The molecule has 0 aliphatic heterocycles. The molecule has 0 radical (unpaired) electrons. The lowest BCUT2D eigenvalue weighted by Crippen LogP contribution is -2.58. The summed E-state index contributed by atoms with van der Waals surface area (Å²) in [7, 11) is 0. The molecule has 1 aliphatic carbocycles. The summed E-state index contributed by atoms with van der Waals surface area (Å²) in [6.45, 7) is 2.20. The van der Waals surface area contributed by atoms with Gasteiger partial charge in [-0.05, 0) is 43.1 Å². The smallest absolute Gasteiger partial charge is 0.273 e. The molecular weight excluding hydrogens is 268 g/mol. The quantitative estimate of drug-likeness (QED) is 0.822. The molecule has 1 heterocycles. The first-order chi connectivity index (χ1) is 8.53. The SMILES string of the molecule is CC1CCC(NC(=O)c2csnn2)(C(N)=S)CC1. The predicted molar refractivity (Wildman–Crippen MR) is 74.5 cm³/mol. The van der Waals surface area contributed by atoms with Gasteiger partial charge in [0.1, 0.15) is 0 Å². The Bertz CT molecular complexity index is 438. The molecule has 0 unspecified atom stereocenters. The molecule has 1 aromatic heterocycles. The summed E-state index contributed by atoms with van der Waals surface area (Å²) in [5.41, 5.74) is 5.61. The fraction of sp³-hybridized carbons (Fsp3) is 0.636. The van der Waals surface area contributed by atoms with Crippen LogP contribution in [0.5, 0.6) is 0 Å². The number of nitrogens with zero attached hydrogens (tertiary/aromatic N) is 2. The molecule has 0 saturated heterocycles. The number of rotatable bonds is 3. The van der Waals surface area contributed by atoms with E-state index in [1.54, 1.807) is 5.38 Å². The summed E-state index contributed by atoms with van der Waals surface area (Å²) in [4.78, 5) is 12.4. The molecule has 1 saturated carbocycles. The second-order valence-electron chi connectivity index (χ2n) is 4.87. The summed E-state index contributed by atoms with van der Waals surface area (Å²) in [5.74, 6) is 0.413. The van der Waals surface area contributed by atoms with Crippen molar-refractivity contribution < 1.29 is 4.79 Å². The number of nitrogens with one attached hydrogen (secondary N) is 1. The first-order valence-electron chi connectivity index (χ1n) is 5.93. The molecule has 0 spiro atoms. The minimum Gasteiger partial charge on any atom is -0.391 e. The van der Waals surface area contributed by atoms with Gasteiger partial charge in [0.25, 0.3) is 5.91 Å². The van der Waals surface area contributed by atoms with Gasteiger partial charge in [0.05, 0.1) is 10.5 Å². The second kappa shape index (κ2) is 5.27. The maximum Gasteiger partial charge on any atom is 0.273 e. The minimum absolute atomic E-state index is 0.244. The van der Waals surface area contributed by atoms with Gasteiger partial charge >= 0.3 is 0 Å². The van der Waals surface area contributed by atoms with Crippen molar-refractivity contribution in [3.05, 3.63) is 11.1 Å². The van der Waals surface area contributed by atoms with E-state index in [2.05, 4.69) is 21.8 Å². The van der Waals surface area contributed by atoms with Crippen molar-refractivity contribution in [3.8, 4) is 0 Å². The van der Waals surface area contributed by atoms with Crippen LogP contribution in [0.25, 0.3) is 0 Å². The third kappa shape index (κ3) is 2.67. The van der Waals surface area contributed by atoms with Gasteiger partial charge in [-0.15, -0.1) is 5.10 Å². The van der Waals surface area contributed by atoms with E-state index in [-0.39, 0.29) is 5.91 Å². The zero-order valence-electron chi connectivity index (χ0n) is 10.2. The van der Waals surface area contributed by atoms with Gasteiger partial charge in [0.15, 0.2) is 5.69 Å². The highest BCUT2D eigenvalue weighted by Crippen LogP contribution is 2.32. The first-order valence-corrected chi connectivity index (χ1v) is 7.17. The van der Waals surface area contributed by atoms with E-state index >= 15 is 0 Å². The van der Waals surface area contributed by atoms with Gasteiger partial charge in [0.2, 0.25) is 0 Å². The molecule has 1 amide bonds. The maximum absolute atomic E-state index is 12.0. The van der Waals surface area contributed by atoms with Crippen molar-refractivity contribution >= 4 is 34.6 Å². The largest absolute Gasteiger partial charge is 0.391 e. The molecule has 0 bridgehead atoms. The summed E-state index contributed by atoms with van der Waals surface area (Å²) in [5, 5.41) is 8.33. The summed E-state index contributed by atoms with van der Waals surface area (Å²) in [6.07, 6.45) is 3.64. The average Bonchev–Trinajstić information content (AvgIpc) is 2.85. The highest BCUT2D eigenvalue weighted by atomic mass is 32.1. The van der Waals surface area contributed by atoms with Crippen molar-refractivity contribution in [3.63, 3.8) is 0 Å². The number of aromatic nitrogens is 2. The Morgan fingerprint density at radius 2 is 2.28 bits per heavy atom. The van der Waals surface area contributed by atoms with Crippen LogP contribution in [0.2, 0.25) is 0 Å². The molecule has 5 nitrogen and oxygen atoms in total. The fourth-order valence-corrected chi connectivity index (χ4v) is 2.92. The van der Waals surface area contributed by atoms with Crippen LogP contribution in [-0.4, -0.2) is 26.0 Å². The maximum atomic E-state index is 12.0. The van der Waals surface area contributed by atoms with E-state index in [1.807, 2.05) is 0 Å². The predicted octanol–water partition coefficient (Wildman–Crippen LogP) is 1.50. The lowest BCUT2D eigenvalue weighted by Gasteiger charge is -2.39. The van der Waals surface area contributed by atoms with Crippen molar-refractivity contribution in [1.82, 2.24) is 14.9 Å². The van der Waals surface area contributed by atoms with E-state index in [0.717, 1.165) is 37.2 Å². The van der Waals surface area contributed by atoms with Crippen LogP contribution in [-0.2, 0) is 0 Å². The van der Waals surface area contributed by atoms with Gasteiger partial charge in [-0.3, -0.25) is 4.79 Å². The van der Waals surface area contributed by atoms with E-state index in [1.165, 1.54) is 0 Å². The highest BCUT2D eigenvalue weighted by molar-refractivity contribution is 7.80. The molecule has 7 heteroatoms. The van der Waals surface area contributed by atoms with Crippen LogP contribution < -0.4 is 11.1 Å². The van der Waals surface area contributed by atoms with Crippen LogP contribution in [0.1, 0.15) is 43.1 Å². The average molecular weight is 284 g/mol. The molecule has 3 N–H and O–H groups in total. The van der Waals surface area contributed by atoms with Crippen LogP contribution in [0.3, 0.4) is 0 Å². The Balaban J connectivity index is 2.12.